The lowest BCUT2D eigenvalue weighted by atomic mass is 9.94. The highest BCUT2D eigenvalue weighted by atomic mass is 19.1. The molecule has 1 atom stereocenters. The molecule has 0 radical (unpaired) electrons. The molecule has 0 spiro atoms. The van der Waals surface area contributed by atoms with Gasteiger partial charge in [-0.15, -0.1) is 0 Å². The zero-order valence-corrected chi connectivity index (χ0v) is 9.57. The number of hydrogen-bond donors (Lipinski definition) is 1. The molecule has 0 aliphatic rings. The molecule has 0 saturated carbocycles. The SMILES string of the molecule is CNC(c1cc(C)c(F)cc1F)C(C)C. The Morgan fingerprint density at radius 3 is 2.20 bits per heavy atom. The van der Waals surface area contributed by atoms with Crippen molar-refractivity contribution >= 4 is 0 Å². The monoisotopic (exact) mass is 213 g/mol. The van der Waals surface area contributed by atoms with Gasteiger partial charge in [-0.2, -0.15) is 0 Å². The average Bonchev–Trinajstić information content (AvgIpc) is 2.14. The maximum atomic E-state index is 13.5. The maximum absolute atomic E-state index is 13.5. The summed E-state index contributed by atoms with van der Waals surface area (Å²) in [6.45, 7) is 5.64. The van der Waals surface area contributed by atoms with Crippen LogP contribution in [-0.4, -0.2) is 7.05 Å². The van der Waals surface area contributed by atoms with Crippen LogP contribution in [0.5, 0.6) is 0 Å². The quantitative estimate of drug-likeness (QED) is 0.813. The van der Waals surface area contributed by atoms with Gasteiger partial charge in [0, 0.05) is 17.7 Å². The van der Waals surface area contributed by atoms with E-state index in [1.165, 1.54) is 0 Å². The first-order valence-corrected chi connectivity index (χ1v) is 5.10. The van der Waals surface area contributed by atoms with Crippen molar-refractivity contribution in [2.75, 3.05) is 7.05 Å². The summed E-state index contributed by atoms with van der Waals surface area (Å²) < 4.78 is 26.6. The summed E-state index contributed by atoms with van der Waals surface area (Å²) in [5.74, 6) is -0.713. The van der Waals surface area contributed by atoms with Crippen LogP contribution in [0.4, 0.5) is 8.78 Å². The molecular weight excluding hydrogens is 196 g/mol. The van der Waals surface area contributed by atoms with Gasteiger partial charge < -0.3 is 5.32 Å². The van der Waals surface area contributed by atoms with Crippen LogP contribution in [0.1, 0.15) is 31.0 Å². The minimum Gasteiger partial charge on any atom is -0.313 e. The summed E-state index contributed by atoms with van der Waals surface area (Å²) in [5, 5.41) is 3.04. The van der Waals surface area contributed by atoms with Crippen molar-refractivity contribution in [3.8, 4) is 0 Å². The molecule has 0 bridgehead atoms. The van der Waals surface area contributed by atoms with E-state index in [-0.39, 0.29) is 12.0 Å². The van der Waals surface area contributed by atoms with Gasteiger partial charge in [-0.1, -0.05) is 13.8 Å². The lowest BCUT2D eigenvalue weighted by molar-refractivity contribution is 0.421. The zero-order chi connectivity index (χ0) is 11.6. The third kappa shape index (κ3) is 2.53. The van der Waals surface area contributed by atoms with Crippen LogP contribution >= 0.6 is 0 Å². The summed E-state index contributed by atoms with van der Waals surface area (Å²) in [6, 6.07) is 2.45. The second kappa shape index (κ2) is 4.71. The fraction of sp³-hybridized carbons (Fsp3) is 0.500. The predicted octanol–water partition coefficient (Wildman–Crippen LogP) is 3.19. The molecule has 0 heterocycles. The van der Waals surface area contributed by atoms with Gasteiger partial charge in [-0.25, -0.2) is 8.78 Å². The van der Waals surface area contributed by atoms with Crippen molar-refractivity contribution in [3.05, 3.63) is 34.9 Å². The summed E-state index contributed by atoms with van der Waals surface area (Å²) in [4.78, 5) is 0. The molecular formula is C12H17F2N. The Labute approximate surface area is 89.5 Å². The van der Waals surface area contributed by atoms with Crippen molar-refractivity contribution in [3.63, 3.8) is 0 Å². The highest BCUT2D eigenvalue weighted by Crippen LogP contribution is 2.25. The number of nitrogens with one attached hydrogen (secondary N) is 1. The standard InChI is InChI=1S/C12H17F2N/c1-7(2)12(15-4)9-5-8(3)10(13)6-11(9)14/h5-7,12,15H,1-4H3. The first kappa shape index (κ1) is 12.1. The molecule has 1 nitrogen and oxygen atoms in total. The van der Waals surface area contributed by atoms with Crippen LogP contribution in [0.3, 0.4) is 0 Å². The molecule has 15 heavy (non-hydrogen) atoms. The lowest BCUT2D eigenvalue weighted by Crippen LogP contribution is -2.23. The number of halogens is 2. The molecule has 1 N–H and O–H groups in total. The number of aryl methyl sites for hydroxylation is 1. The van der Waals surface area contributed by atoms with Crippen LogP contribution in [0, 0.1) is 24.5 Å². The summed E-state index contributed by atoms with van der Waals surface area (Å²) in [7, 11) is 1.78. The minimum absolute atomic E-state index is 0.0794. The molecule has 1 unspecified atom stereocenters. The molecule has 0 saturated heterocycles. The van der Waals surface area contributed by atoms with Crippen LogP contribution in [0.25, 0.3) is 0 Å². The molecule has 0 aliphatic carbocycles. The molecule has 84 valence electrons. The highest BCUT2D eigenvalue weighted by Gasteiger charge is 2.18. The Morgan fingerprint density at radius 2 is 1.73 bits per heavy atom. The molecule has 1 aromatic rings. The van der Waals surface area contributed by atoms with Crippen molar-refractivity contribution in [2.45, 2.75) is 26.8 Å². The van der Waals surface area contributed by atoms with E-state index in [2.05, 4.69) is 5.32 Å². The fourth-order valence-corrected chi connectivity index (χ4v) is 1.77. The molecule has 3 heteroatoms. The smallest absolute Gasteiger partial charge is 0.130 e. The van der Waals surface area contributed by atoms with Crippen LogP contribution < -0.4 is 5.32 Å². The number of rotatable bonds is 3. The van der Waals surface area contributed by atoms with Gasteiger partial charge in [0.15, 0.2) is 0 Å². The summed E-state index contributed by atoms with van der Waals surface area (Å²) >= 11 is 0. The van der Waals surface area contributed by atoms with E-state index in [4.69, 9.17) is 0 Å². The molecule has 0 amide bonds. The predicted molar refractivity (Wildman–Crippen MR) is 57.7 cm³/mol. The molecule has 0 aliphatic heterocycles. The Bertz CT molecular complexity index is 348. The van der Waals surface area contributed by atoms with Crippen LogP contribution in [0.15, 0.2) is 12.1 Å². The summed E-state index contributed by atoms with van der Waals surface area (Å²) in [6.07, 6.45) is 0. The van der Waals surface area contributed by atoms with E-state index < -0.39 is 11.6 Å². The van der Waals surface area contributed by atoms with Crippen molar-refractivity contribution in [2.24, 2.45) is 5.92 Å². The normalized spacial score (nSPS) is 13.3. The van der Waals surface area contributed by atoms with E-state index in [0.717, 1.165) is 6.07 Å². The van der Waals surface area contributed by atoms with Gasteiger partial charge >= 0.3 is 0 Å². The number of hydrogen-bond acceptors (Lipinski definition) is 1. The van der Waals surface area contributed by atoms with Crippen molar-refractivity contribution < 1.29 is 8.78 Å². The maximum Gasteiger partial charge on any atom is 0.130 e. The van der Waals surface area contributed by atoms with Crippen LogP contribution in [0.2, 0.25) is 0 Å². The van der Waals surface area contributed by atoms with E-state index in [1.807, 2.05) is 13.8 Å². The topological polar surface area (TPSA) is 12.0 Å². The first-order valence-electron chi connectivity index (χ1n) is 5.10. The minimum atomic E-state index is -0.491. The molecule has 0 aromatic heterocycles. The lowest BCUT2D eigenvalue weighted by Gasteiger charge is -2.21. The van der Waals surface area contributed by atoms with Gasteiger partial charge in [-0.05, 0) is 31.5 Å². The largest absolute Gasteiger partial charge is 0.313 e. The van der Waals surface area contributed by atoms with Gasteiger partial charge in [0.25, 0.3) is 0 Å². The van der Waals surface area contributed by atoms with Gasteiger partial charge in [0.1, 0.15) is 11.6 Å². The second-order valence-corrected chi connectivity index (χ2v) is 4.13. The third-order valence-electron chi connectivity index (χ3n) is 2.59. The van der Waals surface area contributed by atoms with E-state index in [1.54, 1.807) is 20.0 Å². The fourth-order valence-electron chi connectivity index (χ4n) is 1.77. The van der Waals surface area contributed by atoms with Gasteiger partial charge in [0.2, 0.25) is 0 Å². The van der Waals surface area contributed by atoms with E-state index in [0.29, 0.717) is 11.1 Å². The van der Waals surface area contributed by atoms with E-state index >= 15 is 0 Å². The Balaban J connectivity index is 3.18. The first-order chi connectivity index (χ1) is 6.97. The Kier molecular flexibility index (Phi) is 3.80. The molecule has 1 aromatic carbocycles. The average molecular weight is 213 g/mol. The molecule has 1 rings (SSSR count). The van der Waals surface area contributed by atoms with Crippen molar-refractivity contribution in [1.82, 2.24) is 5.32 Å². The Morgan fingerprint density at radius 1 is 1.13 bits per heavy atom. The summed E-state index contributed by atoms with van der Waals surface area (Å²) in [5.41, 5.74) is 1.01. The van der Waals surface area contributed by atoms with E-state index in [9.17, 15) is 8.78 Å². The number of benzene rings is 1. The molecule has 0 fully saturated rings. The van der Waals surface area contributed by atoms with Gasteiger partial charge in [0.05, 0.1) is 0 Å². The van der Waals surface area contributed by atoms with Crippen LogP contribution in [-0.2, 0) is 0 Å². The van der Waals surface area contributed by atoms with Gasteiger partial charge in [-0.3, -0.25) is 0 Å². The zero-order valence-electron chi connectivity index (χ0n) is 9.57. The van der Waals surface area contributed by atoms with Crippen molar-refractivity contribution in [1.29, 1.82) is 0 Å². The highest BCUT2D eigenvalue weighted by molar-refractivity contribution is 5.28. The second-order valence-electron chi connectivity index (χ2n) is 4.13. The third-order valence-corrected chi connectivity index (χ3v) is 2.59. The Hall–Kier alpha value is -0.960.